The lowest BCUT2D eigenvalue weighted by molar-refractivity contribution is -0.142. The molecule has 0 aromatic carbocycles. The molecule has 0 atom stereocenters. The quantitative estimate of drug-likeness (QED) is 0.770. The standard InChI is InChI=1S/C7H5BrF3NO/c1-13-5-3-2-4(8)6(12-5)7(9,10)11/h2-3H,1H3. The molecule has 1 aromatic rings. The van der Waals surface area contributed by atoms with Crippen molar-refractivity contribution in [3.63, 3.8) is 0 Å². The average Bonchev–Trinajstić information content (AvgIpc) is 2.03. The number of methoxy groups -OCH3 is 1. The van der Waals surface area contributed by atoms with Crippen LogP contribution in [0.1, 0.15) is 5.69 Å². The van der Waals surface area contributed by atoms with E-state index < -0.39 is 11.9 Å². The number of ether oxygens (including phenoxy) is 1. The molecular weight excluding hydrogens is 251 g/mol. The lowest BCUT2D eigenvalue weighted by Gasteiger charge is -2.08. The zero-order chi connectivity index (χ0) is 10.1. The molecule has 0 saturated heterocycles. The van der Waals surface area contributed by atoms with E-state index in [9.17, 15) is 13.2 Å². The number of nitrogens with zero attached hydrogens (tertiary/aromatic N) is 1. The third kappa shape index (κ3) is 2.33. The summed E-state index contributed by atoms with van der Waals surface area (Å²) in [6.07, 6.45) is -4.46. The molecule has 72 valence electrons. The van der Waals surface area contributed by atoms with Gasteiger partial charge < -0.3 is 4.74 Å². The molecule has 0 unspecified atom stereocenters. The molecule has 1 aromatic heterocycles. The topological polar surface area (TPSA) is 22.1 Å². The lowest BCUT2D eigenvalue weighted by atomic mass is 10.3. The molecule has 0 bridgehead atoms. The molecule has 0 spiro atoms. The highest BCUT2D eigenvalue weighted by molar-refractivity contribution is 9.10. The van der Waals surface area contributed by atoms with Crippen LogP contribution in [0.3, 0.4) is 0 Å². The summed E-state index contributed by atoms with van der Waals surface area (Å²) in [7, 11) is 1.26. The maximum Gasteiger partial charge on any atom is 0.434 e. The van der Waals surface area contributed by atoms with Crippen molar-refractivity contribution >= 4 is 15.9 Å². The van der Waals surface area contributed by atoms with Crippen LogP contribution in [0.2, 0.25) is 0 Å². The normalized spacial score (nSPS) is 11.5. The van der Waals surface area contributed by atoms with E-state index in [1.165, 1.54) is 19.2 Å². The summed E-state index contributed by atoms with van der Waals surface area (Å²) in [5.41, 5.74) is -0.980. The Morgan fingerprint density at radius 3 is 2.46 bits per heavy atom. The SMILES string of the molecule is COc1ccc(Br)c(C(F)(F)F)n1. The van der Waals surface area contributed by atoms with Crippen molar-refractivity contribution in [2.24, 2.45) is 0 Å². The number of pyridine rings is 1. The van der Waals surface area contributed by atoms with Crippen molar-refractivity contribution in [2.45, 2.75) is 6.18 Å². The van der Waals surface area contributed by atoms with Gasteiger partial charge in [-0.25, -0.2) is 4.98 Å². The Labute approximate surface area is 80.9 Å². The van der Waals surface area contributed by atoms with Crippen LogP contribution in [0.25, 0.3) is 0 Å². The Morgan fingerprint density at radius 1 is 1.38 bits per heavy atom. The van der Waals surface area contributed by atoms with Gasteiger partial charge in [0.05, 0.1) is 7.11 Å². The first kappa shape index (κ1) is 10.3. The van der Waals surface area contributed by atoms with E-state index in [4.69, 9.17) is 0 Å². The van der Waals surface area contributed by atoms with E-state index >= 15 is 0 Å². The minimum Gasteiger partial charge on any atom is -0.481 e. The molecule has 6 heteroatoms. The van der Waals surface area contributed by atoms with Crippen molar-refractivity contribution < 1.29 is 17.9 Å². The van der Waals surface area contributed by atoms with Gasteiger partial charge in [0.25, 0.3) is 0 Å². The maximum absolute atomic E-state index is 12.2. The van der Waals surface area contributed by atoms with E-state index in [0.29, 0.717) is 0 Å². The fourth-order valence-corrected chi connectivity index (χ4v) is 1.18. The molecule has 0 aliphatic rings. The average molecular weight is 256 g/mol. The molecule has 0 aliphatic carbocycles. The molecular formula is C7H5BrF3NO. The summed E-state index contributed by atoms with van der Waals surface area (Å²) in [6.45, 7) is 0. The minimum atomic E-state index is -4.46. The first-order valence-electron chi connectivity index (χ1n) is 3.23. The van der Waals surface area contributed by atoms with Gasteiger partial charge in [-0.05, 0) is 22.0 Å². The molecule has 0 fully saturated rings. The van der Waals surface area contributed by atoms with E-state index in [1.807, 2.05) is 0 Å². The Balaban J connectivity index is 3.19. The molecule has 13 heavy (non-hydrogen) atoms. The van der Waals surface area contributed by atoms with Gasteiger partial charge in [0.2, 0.25) is 5.88 Å². The van der Waals surface area contributed by atoms with Crippen molar-refractivity contribution in [1.82, 2.24) is 4.98 Å². The van der Waals surface area contributed by atoms with Gasteiger partial charge >= 0.3 is 6.18 Å². The Kier molecular flexibility index (Phi) is 2.80. The number of alkyl halides is 3. The lowest BCUT2D eigenvalue weighted by Crippen LogP contribution is -2.09. The number of hydrogen-bond donors (Lipinski definition) is 0. The summed E-state index contributed by atoms with van der Waals surface area (Å²) in [4.78, 5) is 3.27. The molecule has 1 rings (SSSR count). The van der Waals surface area contributed by atoms with E-state index in [-0.39, 0.29) is 10.4 Å². The van der Waals surface area contributed by atoms with E-state index in [2.05, 4.69) is 25.7 Å². The van der Waals surface area contributed by atoms with Gasteiger partial charge in [0.1, 0.15) is 0 Å². The fraction of sp³-hybridized carbons (Fsp3) is 0.286. The van der Waals surface area contributed by atoms with Crippen LogP contribution in [0.4, 0.5) is 13.2 Å². The van der Waals surface area contributed by atoms with Crippen LogP contribution in [0, 0.1) is 0 Å². The van der Waals surface area contributed by atoms with Crippen LogP contribution in [0.15, 0.2) is 16.6 Å². The molecule has 0 amide bonds. The first-order chi connectivity index (χ1) is 5.95. The van der Waals surface area contributed by atoms with Crippen LogP contribution in [0.5, 0.6) is 5.88 Å². The van der Waals surface area contributed by atoms with Crippen LogP contribution < -0.4 is 4.74 Å². The van der Waals surface area contributed by atoms with Crippen molar-refractivity contribution in [3.8, 4) is 5.88 Å². The summed E-state index contributed by atoms with van der Waals surface area (Å²) in [5.74, 6) is -0.0597. The van der Waals surface area contributed by atoms with Crippen LogP contribution in [-0.4, -0.2) is 12.1 Å². The Bertz CT molecular complexity index is 313. The van der Waals surface area contributed by atoms with E-state index in [0.717, 1.165) is 0 Å². The van der Waals surface area contributed by atoms with Crippen LogP contribution in [-0.2, 0) is 6.18 Å². The van der Waals surface area contributed by atoms with Gasteiger partial charge in [0, 0.05) is 10.5 Å². The largest absolute Gasteiger partial charge is 0.481 e. The van der Waals surface area contributed by atoms with Gasteiger partial charge in [-0.15, -0.1) is 0 Å². The van der Waals surface area contributed by atoms with Crippen molar-refractivity contribution in [1.29, 1.82) is 0 Å². The highest BCUT2D eigenvalue weighted by atomic mass is 79.9. The summed E-state index contributed by atoms with van der Waals surface area (Å²) >= 11 is 2.76. The van der Waals surface area contributed by atoms with E-state index in [1.54, 1.807) is 0 Å². The number of rotatable bonds is 1. The second-order valence-corrected chi connectivity index (χ2v) is 3.04. The summed E-state index contributed by atoms with van der Waals surface area (Å²) in [6, 6.07) is 2.59. The number of halogens is 4. The highest BCUT2D eigenvalue weighted by Crippen LogP contribution is 2.34. The zero-order valence-electron chi connectivity index (χ0n) is 6.52. The molecule has 0 aliphatic heterocycles. The monoisotopic (exact) mass is 255 g/mol. The van der Waals surface area contributed by atoms with Gasteiger partial charge in [-0.1, -0.05) is 0 Å². The smallest absolute Gasteiger partial charge is 0.434 e. The third-order valence-corrected chi connectivity index (χ3v) is 1.94. The molecule has 2 nitrogen and oxygen atoms in total. The van der Waals surface area contributed by atoms with Gasteiger partial charge in [-0.3, -0.25) is 0 Å². The fourth-order valence-electron chi connectivity index (χ4n) is 0.737. The molecule has 0 saturated carbocycles. The van der Waals surface area contributed by atoms with Crippen LogP contribution >= 0.6 is 15.9 Å². The van der Waals surface area contributed by atoms with Gasteiger partial charge in [0.15, 0.2) is 5.69 Å². The predicted molar refractivity (Wildman–Crippen MR) is 43.5 cm³/mol. The third-order valence-electron chi connectivity index (χ3n) is 1.30. The Hall–Kier alpha value is -0.780. The van der Waals surface area contributed by atoms with Crippen molar-refractivity contribution in [2.75, 3.05) is 7.11 Å². The second kappa shape index (κ2) is 3.53. The second-order valence-electron chi connectivity index (χ2n) is 2.18. The molecule has 0 radical (unpaired) electrons. The first-order valence-corrected chi connectivity index (χ1v) is 4.02. The molecule has 1 heterocycles. The predicted octanol–water partition coefficient (Wildman–Crippen LogP) is 2.87. The van der Waals surface area contributed by atoms with Gasteiger partial charge in [-0.2, -0.15) is 13.2 Å². The Morgan fingerprint density at radius 2 is 2.00 bits per heavy atom. The maximum atomic E-state index is 12.2. The number of aromatic nitrogens is 1. The summed E-state index contributed by atoms with van der Waals surface area (Å²) < 4.78 is 41.1. The zero-order valence-corrected chi connectivity index (χ0v) is 8.11. The molecule has 0 N–H and O–H groups in total. The van der Waals surface area contributed by atoms with Crippen molar-refractivity contribution in [3.05, 3.63) is 22.3 Å². The summed E-state index contributed by atoms with van der Waals surface area (Å²) in [5, 5.41) is 0. The minimum absolute atomic E-state index is 0.0597. The highest BCUT2D eigenvalue weighted by Gasteiger charge is 2.35. The number of hydrogen-bond acceptors (Lipinski definition) is 2.